The molecule has 8 heteroatoms. The highest BCUT2D eigenvalue weighted by atomic mass is 16.5. The van der Waals surface area contributed by atoms with Crippen LogP contribution in [0.5, 0.6) is 0 Å². The number of nitrogens with one attached hydrogen (secondary N) is 2. The summed E-state index contributed by atoms with van der Waals surface area (Å²) >= 11 is 0. The summed E-state index contributed by atoms with van der Waals surface area (Å²) < 4.78 is 5.37. The number of nitrogens with zero attached hydrogens (tertiary/aromatic N) is 4. The molecule has 0 spiro atoms. The molecule has 2 aromatic carbocycles. The van der Waals surface area contributed by atoms with Crippen LogP contribution in [-0.2, 0) is 0 Å². The monoisotopic (exact) mass is 362 g/mol. The van der Waals surface area contributed by atoms with Gasteiger partial charge in [0.25, 0.3) is 5.91 Å². The molecule has 0 saturated carbocycles. The van der Waals surface area contributed by atoms with Gasteiger partial charge in [0.05, 0.1) is 0 Å². The summed E-state index contributed by atoms with van der Waals surface area (Å²) in [6, 6.07) is 13.0. The van der Waals surface area contributed by atoms with Crippen molar-refractivity contribution >= 4 is 16.7 Å². The second kappa shape index (κ2) is 6.99. The van der Waals surface area contributed by atoms with Gasteiger partial charge in [-0.2, -0.15) is 10.1 Å². The van der Waals surface area contributed by atoms with Gasteiger partial charge < -0.3 is 9.84 Å². The van der Waals surface area contributed by atoms with E-state index in [1.54, 1.807) is 0 Å². The largest absolute Gasteiger partial charge is 0.340 e. The zero-order valence-corrected chi connectivity index (χ0v) is 14.9. The Bertz CT molecular complexity index is 1070. The molecule has 0 aliphatic heterocycles. The van der Waals surface area contributed by atoms with Crippen LogP contribution in [0.15, 0.2) is 53.3 Å². The van der Waals surface area contributed by atoms with E-state index in [2.05, 4.69) is 30.6 Å². The van der Waals surface area contributed by atoms with Crippen LogP contribution in [0.3, 0.4) is 0 Å². The summed E-state index contributed by atoms with van der Waals surface area (Å²) in [5, 5.41) is 15.3. The summed E-state index contributed by atoms with van der Waals surface area (Å²) in [5.41, 5.74) is 0.605. The van der Waals surface area contributed by atoms with Gasteiger partial charge in [0, 0.05) is 5.56 Å². The lowest BCUT2D eigenvalue weighted by atomic mass is 10.0. The van der Waals surface area contributed by atoms with Crippen molar-refractivity contribution in [3.05, 3.63) is 60.2 Å². The molecule has 2 N–H and O–H groups in total. The number of amides is 1. The number of fused-ring (bicyclic) bond motifs is 1. The van der Waals surface area contributed by atoms with E-state index >= 15 is 0 Å². The number of H-pyrrole nitrogens is 1. The van der Waals surface area contributed by atoms with E-state index in [1.807, 2.05) is 56.3 Å². The molecule has 0 unspecified atom stereocenters. The van der Waals surface area contributed by atoms with E-state index in [-0.39, 0.29) is 11.8 Å². The van der Waals surface area contributed by atoms with Gasteiger partial charge in [0.2, 0.25) is 11.7 Å². The van der Waals surface area contributed by atoms with Crippen LogP contribution >= 0.6 is 0 Å². The molecule has 0 radical (unpaired) electrons. The lowest BCUT2D eigenvalue weighted by Crippen LogP contribution is -2.32. The van der Waals surface area contributed by atoms with Crippen LogP contribution in [0.1, 0.15) is 36.1 Å². The Labute approximate surface area is 155 Å². The Balaban J connectivity index is 1.63. The lowest BCUT2D eigenvalue weighted by Gasteiger charge is -2.19. The second-order valence-corrected chi connectivity index (χ2v) is 6.51. The maximum Gasteiger partial charge on any atom is 0.252 e. The molecular formula is C19H18N6O2. The number of hydrogen-bond acceptors (Lipinski definition) is 6. The van der Waals surface area contributed by atoms with Crippen molar-refractivity contribution in [1.29, 1.82) is 0 Å². The van der Waals surface area contributed by atoms with Gasteiger partial charge in [0.1, 0.15) is 12.4 Å². The van der Waals surface area contributed by atoms with Gasteiger partial charge in [-0.25, -0.2) is 4.98 Å². The first kappa shape index (κ1) is 16.9. The number of hydrogen-bond donors (Lipinski definition) is 2. The number of rotatable bonds is 5. The van der Waals surface area contributed by atoms with Crippen molar-refractivity contribution < 1.29 is 9.32 Å². The molecule has 4 rings (SSSR count). The summed E-state index contributed by atoms with van der Waals surface area (Å²) in [7, 11) is 0. The van der Waals surface area contributed by atoms with Gasteiger partial charge in [-0.15, -0.1) is 0 Å². The molecule has 2 aromatic heterocycles. The van der Waals surface area contributed by atoms with E-state index in [0.717, 1.165) is 10.8 Å². The van der Waals surface area contributed by atoms with Crippen LogP contribution < -0.4 is 5.32 Å². The molecule has 0 saturated heterocycles. The maximum absolute atomic E-state index is 13.0. The number of carbonyl (C=O) groups is 1. The molecular weight excluding hydrogens is 344 g/mol. The average Bonchev–Trinajstić information content (AvgIpc) is 3.36. The van der Waals surface area contributed by atoms with E-state index in [1.165, 1.54) is 6.33 Å². The smallest absolute Gasteiger partial charge is 0.252 e. The van der Waals surface area contributed by atoms with Crippen molar-refractivity contribution in [3.63, 3.8) is 0 Å². The summed E-state index contributed by atoms with van der Waals surface area (Å²) in [4.78, 5) is 21.3. The van der Waals surface area contributed by atoms with E-state index < -0.39 is 6.04 Å². The third-order valence-corrected chi connectivity index (χ3v) is 4.32. The lowest BCUT2D eigenvalue weighted by molar-refractivity contribution is 0.0915. The predicted molar refractivity (Wildman–Crippen MR) is 98.7 cm³/mol. The second-order valence-electron chi connectivity index (χ2n) is 6.51. The Morgan fingerprint density at radius 1 is 1.15 bits per heavy atom. The summed E-state index contributed by atoms with van der Waals surface area (Å²) in [5.74, 6) is 0.891. The highest BCUT2D eigenvalue weighted by molar-refractivity contribution is 6.07. The fourth-order valence-corrected chi connectivity index (χ4v) is 2.93. The normalized spacial score (nSPS) is 12.4. The first-order valence-electron chi connectivity index (χ1n) is 8.61. The number of carbonyl (C=O) groups excluding carboxylic acids is 1. The van der Waals surface area contributed by atoms with Gasteiger partial charge in [0.15, 0.2) is 5.82 Å². The highest BCUT2D eigenvalue weighted by Crippen LogP contribution is 2.24. The van der Waals surface area contributed by atoms with Crippen molar-refractivity contribution in [2.24, 2.45) is 5.92 Å². The number of aromatic nitrogens is 5. The maximum atomic E-state index is 13.0. The molecule has 136 valence electrons. The fourth-order valence-electron chi connectivity index (χ4n) is 2.93. The van der Waals surface area contributed by atoms with E-state index in [9.17, 15) is 4.79 Å². The van der Waals surface area contributed by atoms with E-state index in [4.69, 9.17) is 4.52 Å². The van der Waals surface area contributed by atoms with Crippen LogP contribution in [0.25, 0.3) is 22.4 Å². The minimum Gasteiger partial charge on any atom is -0.340 e. The van der Waals surface area contributed by atoms with Crippen LogP contribution in [0.2, 0.25) is 0 Å². The first-order chi connectivity index (χ1) is 13.1. The van der Waals surface area contributed by atoms with Gasteiger partial charge in [-0.05, 0) is 22.8 Å². The van der Waals surface area contributed by atoms with Gasteiger partial charge in [-0.1, -0.05) is 55.4 Å². The number of benzene rings is 2. The zero-order chi connectivity index (χ0) is 18.8. The predicted octanol–water partition coefficient (Wildman–Crippen LogP) is 3.14. The van der Waals surface area contributed by atoms with Crippen LogP contribution in [0.4, 0.5) is 0 Å². The Morgan fingerprint density at radius 2 is 1.96 bits per heavy atom. The first-order valence-corrected chi connectivity index (χ1v) is 8.61. The Morgan fingerprint density at radius 3 is 2.74 bits per heavy atom. The third-order valence-electron chi connectivity index (χ3n) is 4.32. The average molecular weight is 362 g/mol. The SMILES string of the molecule is CC(C)[C@H](NC(=O)c1cccc2ccccc12)c1nc(-c2ncn[nH]2)no1. The molecule has 0 bridgehead atoms. The highest BCUT2D eigenvalue weighted by Gasteiger charge is 2.26. The molecule has 1 amide bonds. The zero-order valence-electron chi connectivity index (χ0n) is 14.9. The van der Waals surface area contributed by atoms with E-state index in [0.29, 0.717) is 23.1 Å². The quantitative estimate of drug-likeness (QED) is 0.564. The minimum absolute atomic E-state index is 0.0481. The Kier molecular flexibility index (Phi) is 4.37. The fraction of sp³-hybridized carbons (Fsp3) is 0.211. The molecule has 27 heavy (non-hydrogen) atoms. The minimum atomic E-state index is -0.430. The van der Waals surface area contributed by atoms with Gasteiger partial charge >= 0.3 is 0 Å². The van der Waals surface area contributed by atoms with Crippen molar-refractivity contribution in [2.45, 2.75) is 19.9 Å². The summed E-state index contributed by atoms with van der Waals surface area (Å²) in [6.07, 6.45) is 1.37. The van der Waals surface area contributed by atoms with Crippen molar-refractivity contribution in [2.75, 3.05) is 0 Å². The molecule has 0 aliphatic carbocycles. The van der Waals surface area contributed by atoms with Gasteiger partial charge in [-0.3, -0.25) is 9.89 Å². The van der Waals surface area contributed by atoms with Crippen molar-refractivity contribution in [1.82, 2.24) is 30.6 Å². The Hall–Kier alpha value is -3.55. The molecule has 2 heterocycles. The standard InChI is InChI=1S/C19H18N6O2/c1-11(2)15(19-23-17(25-27-19)16-20-10-21-24-16)22-18(26)14-9-5-7-12-6-3-4-8-13(12)14/h3-11,15H,1-2H3,(H,22,26)(H,20,21,24)/t15-/m0/s1. The topological polar surface area (TPSA) is 110 Å². The molecule has 8 nitrogen and oxygen atoms in total. The molecule has 0 fully saturated rings. The molecule has 0 aliphatic rings. The van der Waals surface area contributed by atoms with Crippen LogP contribution in [0, 0.1) is 5.92 Å². The third kappa shape index (κ3) is 3.29. The van der Waals surface area contributed by atoms with Crippen molar-refractivity contribution in [3.8, 4) is 11.6 Å². The summed E-state index contributed by atoms with van der Waals surface area (Å²) in [6.45, 7) is 3.96. The molecule has 4 aromatic rings. The van der Waals surface area contributed by atoms with Crippen LogP contribution in [-0.4, -0.2) is 31.2 Å². The number of aromatic amines is 1. The molecule has 1 atom stereocenters.